The number of rotatable bonds is 1. The summed E-state index contributed by atoms with van der Waals surface area (Å²) in [6.45, 7) is 0.584. The molecule has 3 nitrogen and oxygen atoms in total. The number of hydrogen-bond acceptors (Lipinski definition) is 2. The van der Waals surface area contributed by atoms with Gasteiger partial charge in [-0.3, -0.25) is 0 Å². The van der Waals surface area contributed by atoms with E-state index in [1.54, 1.807) is 0 Å². The second kappa shape index (κ2) is 11.2. The van der Waals surface area contributed by atoms with E-state index in [1.165, 1.54) is 0 Å². The Morgan fingerprint density at radius 2 is 2.17 bits per heavy atom. The molecule has 1 rings (SSSR count). The molecule has 0 aliphatic heterocycles. The van der Waals surface area contributed by atoms with Crippen molar-refractivity contribution in [2.24, 2.45) is 5.73 Å². The van der Waals surface area contributed by atoms with Gasteiger partial charge in [-0.25, -0.2) is 4.57 Å². The molecule has 0 saturated carbocycles. The average Bonchev–Trinajstić information content (AvgIpc) is 2.08. The van der Waals surface area contributed by atoms with Crippen LogP contribution >= 0.6 is 8.69 Å². The topological polar surface area (TPSA) is 63.3 Å². The van der Waals surface area contributed by atoms with Crippen molar-refractivity contribution in [3.8, 4) is 0 Å². The average molecular weight is 193 g/mol. The van der Waals surface area contributed by atoms with Crippen molar-refractivity contribution in [3.63, 3.8) is 0 Å². The predicted octanol–water partition coefficient (Wildman–Crippen LogP) is -1.87. The van der Waals surface area contributed by atoms with Gasteiger partial charge in [0.15, 0.2) is 0 Å². The molecule has 0 radical (unpaired) electrons. The van der Waals surface area contributed by atoms with Crippen molar-refractivity contribution in [3.05, 3.63) is 35.9 Å². The number of benzene rings is 1. The van der Waals surface area contributed by atoms with E-state index < -0.39 is 8.69 Å². The first-order valence-electron chi connectivity index (χ1n) is 2.97. The van der Waals surface area contributed by atoms with Gasteiger partial charge >= 0.3 is 38.2 Å². The van der Waals surface area contributed by atoms with Gasteiger partial charge in [0, 0.05) is 0 Å². The minimum absolute atomic E-state index is 0. The summed E-state index contributed by atoms with van der Waals surface area (Å²) >= 11 is 0. The van der Waals surface area contributed by atoms with Gasteiger partial charge in [-0.05, 0) is 6.54 Å². The van der Waals surface area contributed by atoms with Crippen molar-refractivity contribution in [2.75, 3.05) is 0 Å². The standard InChI is InChI=1S/C7H8N.Na.HO2P/c8-6-7-4-2-1-3-5-7;;1-3-2/h1-4H,6,8H2;;(H,1,2)/q-1;+1;. The van der Waals surface area contributed by atoms with Gasteiger partial charge in [0.2, 0.25) is 0 Å². The van der Waals surface area contributed by atoms with Gasteiger partial charge < -0.3 is 10.6 Å². The molecule has 0 unspecified atom stereocenters. The van der Waals surface area contributed by atoms with E-state index in [9.17, 15) is 0 Å². The Balaban J connectivity index is 0. The summed E-state index contributed by atoms with van der Waals surface area (Å²) in [6, 6.07) is 10.7. The largest absolute Gasteiger partial charge is 1.00 e. The van der Waals surface area contributed by atoms with Gasteiger partial charge in [0.1, 0.15) is 0 Å². The fourth-order valence-electron chi connectivity index (χ4n) is 0.557. The molecule has 1 aromatic carbocycles. The van der Waals surface area contributed by atoms with Crippen LogP contribution in [0.4, 0.5) is 0 Å². The maximum atomic E-state index is 8.46. The van der Waals surface area contributed by atoms with Crippen LogP contribution in [-0.2, 0) is 11.1 Å². The molecule has 0 aliphatic carbocycles. The van der Waals surface area contributed by atoms with E-state index in [1.807, 2.05) is 24.3 Å². The summed E-state index contributed by atoms with van der Waals surface area (Å²) in [5.41, 5.74) is 6.38. The van der Waals surface area contributed by atoms with E-state index in [0.29, 0.717) is 6.54 Å². The van der Waals surface area contributed by atoms with Crippen LogP contribution in [0.25, 0.3) is 0 Å². The molecule has 0 aliphatic rings. The number of nitrogens with two attached hydrogens (primary N) is 1. The molecule has 0 fully saturated rings. The van der Waals surface area contributed by atoms with Crippen LogP contribution < -0.4 is 35.3 Å². The normalized spacial score (nSPS) is 7.83. The molecule has 1 aromatic rings. The van der Waals surface area contributed by atoms with Gasteiger partial charge in [-0.1, -0.05) is 0 Å². The van der Waals surface area contributed by atoms with E-state index in [0.717, 1.165) is 5.56 Å². The fourth-order valence-corrected chi connectivity index (χ4v) is 0.557. The molecule has 0 saturated heterocycles. The van der Waals surface area contributed by atoms with Crippen LogP contribution in [0, 0.1) is 6.07 Å². The molecule has 0 amide bonds. The summed E-state index contributed by atoms with van der Waals surface area (Å²) in [5, 5.41) is 0. The van der Waals surface area contributed by atoms with Gasteiger partial charge in [0.05, 0.1) is 0 Å². The molecule has 0 spiro atoms. The van der Waals surface area contributed by atoms with Gasteiger partial charge in [-0.15, -0.1) is 5.56 Å². The Hall–Kier alpha value is 0.240. The molecular formula is C7H9NNaO2P. The van der Waals surface area contributed by atoms with Crippen LogP contribution in [-0.4, -0.2) is 4.89 Å². The Morgan fingerprint density at radius 1 is 1.58 bits per heavy atom. The summed E-state index contributed by atoms with van der Waals surface area (Å²) in [5.74, 6) is 0. The summed E-state index contributed by atoms with van der Waals surface area (Å²) in [6.07, 6.45) is 0. The van der Waals surface area contributed by atoms with E-state index in [2.05, 4.69) is 6.07 Å². The van der Waals surface area contributed by atoms with Crippen molar-refractivity contribution in [1.82, 2.24) is 0 Å². The summed E-state index contributed by atoms with van der Waals surface area (Å²) in [4.78, 5) is 6.99. The minimum Gasteiger partial charge on any atom is -0.328 e. The van der Waals surface area contributed by atoms with Crippen molar-refractivity contribution < 1.29 is 39.0 Å². The van der Waals surface area contributed by atoms with Crippen molar-refractivity contribution in [2.45, 2.75) is 6.54 Å². The second-order valence-corrected chi connectivity index (χ2v) is 1.84. The molecular weight excluding hydrogens is 184 g/mol. The maximum Gasteiger partial charge on any atom is 1.00 e. The predicted molar refractivity (Wildman–Crippen MR) is 43.0 cm³/mol. The SMILES string of the molecule is NCc1[c-]cccc1.O=PO.[Na+]. The maximum absolute atomic E-state index is 8.46. The molecule has 12 heavy (non-hydrogen) atoms. The van der Waals surface area contributed by atoms with Crippen LogP contribution in [0.2, 0.25) is 0 Å². The molecule has 60 valence electrons. The smallest absolute Gasteiger partial charge is 0.328 e. The Morgan fingerprint density at radius 3 is 2.42 bits per heavy atom. The molecule has 0 aromatic heterocycles. The summed E-state index contributed by atoms with van der Waals surface area (Å²) < 4.78 is 8.46. The summed E-state index contributed by atoms with van der Waals surface area (Å²) in [7, 11) is -0.833. The molecule has 0 atom stereocenters. The fraction of sp³-hybridized carbons (Fsp3) is 0.143. The van der Waals surface area contributed by atoms with Crippen LogP contribution in [0.5, 0.6) is 0 Å². The second-order valence-electron chi connectivity index (χ2n) is 1.67. The third-order valence-corrected chi connectivity index (χ3v) is 0.993. The van der Waals surface area contributed by atoms with Crippen LogP contribution in [0.15, 0.2) is 24.3 Å². The number of hydrogen-bond donors (Lipinski definition) is 2. The first kappa shape index (κ1) is 14.7. The molecule has 5 heteroatoms. The Kier molecular flexibility index (Phi) is 13.8. The Bertz CT molecular complexity index is 196. The Labute approximate surface area is 95.6 Å². The zero-order valence-corrected chi connectivity index (χ0v) is 9.79. The van der Waals surface area contributed by atoms with E-state index in [-0.39, 0.29) is 29.6 Å². The van der Waals surface area contributed by atoms with E-state index >= 15 is 0 Å². The van der Waals surface area contributed by atoms with Crippen LogP contribution in [0.1, 0.15) is 5.56 Å². The zero-order valence-electron chi connectivity index (χ0n) is 6.90. The first-order valence-corrected chi connectivity index (χ1v) is 3.74. The minimum atomic E-state index is -0.833. The first-order chi connectivity index (χ1) is 5.35. The van der Waals surface area contributed by atoms with Gasteiger partial charge in [-0.2, -0.15) is 30.3 Å². The van der Waals surface area contributed by atoms with Crippen molar-refractivity contribution >= 4 is 8.69 Å². The molecule has 3 N–H and O–H groups in total. The van der Waals surface area contributed by atoms with Crippen LogP contribution in [0.3, 0.4) is 0 Å². The molecule has 0 bridgehead atoms. The third-order valence-electron chi connectivity index (χ3n) is 0.993. The zero-order chi connectivity index (χ0) is 8.53. The quantitative estimate of drug-likeness (QED) is 0.312. The van der Waals surface area contributed by atoms with Gasteiger partial charge in [0.25, 0.3) is 0 Å². The monoisotopic (exact) mass is 193 g/mol. The third kappa shape index (κ3) is 8.34. The van der Waals surface area contributed by atoms with Crippen molar-refractivity contribution in [1.29, 1.82) is 0 Å². The molecule has 0 heterocycles. The van der Waals surface area contributed by atoms with E-state index in [4.69, 9.17) is 15.2 Å².